The van der Waals surface area contributed by atoms with Crippen molar-refractivity contribution in [3.63, 3.8) is 0 Å². The lowest BCUT2D eigenvalue weighted by molar-refractivity contribution is -0.150. The molecule has 0 radical (unpaired) electrons. The quantitative estimate of drug-likeness (QED) is 0.691. The first-order chi connectivity index (χ1) is 8.95. The van der Waals surface area contributed by atoms with Crippen LogP contribution in [0.2, 0.25) is 0 Å². The van der Waals surface area contributed by atoms with Gasteiger partial charge in [0.05, 0.1) is 13.0 Å². The number of rotatable bonds is 6. The highest BCUT2D eigenvalue weighted by Gasteiger charge is 2.44. The highest BCUT2D eigenvalue weighted by molar-refractivity contribution is 5.71. The summed E-state index contributed by atoms with van der Waals surface area (Å²) >= 11 is 0. The van der Waals surface area contributed by atoms with E-state index >= 15 is 0 Å². The maximum Gasteiger partial charge on any atom is 0.307 e. The van der Waals surface area contributed by atoms with Crippen LogP contribution in [-0.2, 0) is 9.53 Å². The topological polar surface area (TPSA) is 29.5 Å². The van der Waals surface area contributed by atoms with Crippen LogP contribution in [0.1, 0.15) is 60.3 Å². The molecule has 1 fully saturated rings. The van der Waals surface area contributed by atoms with E-state index in [4.69, 9.17) is 4.74 Å². The van der Waals surface area contributed by atoms with Crippen molar-refractivity contribution in [1.82, 2.24) is 4.90 Å². The van der Waals surface area contributed by atoms with E-state index in [9.17, 15) is 4.79 Å². The molecule has 0 aromatic carbocycles. The molecule has 3 nitrogen and oxygen atoms in total. The van der Waals surface area contributed by atoms with Crippen molar-refractivity contribution < 1.29 is 9.53 Å². The van der Waals surface area contributed by atoms with E-state index in [0.29, 0.717) is 24.9 Å². The van der Waals surface area contributed by atoms with E-state index in [2.05, 4.69) is 32.6 Å². The summed E-state index contributed by atoms with van der Waals surface area (Å²) in [5, 5.41) is 0. The van der Waals surface area contributed by atoms with Crippen molar-refractivity contribution >= 4 is 5.97 Å². The molecule has 0 amide bonds. The van der Waals surface area contributed by atoms with Crippen LogP contribution in [0.15, 0.2) is 0 Å². The van der Waals surface area contributed by atoms with Crippen molar-refractivity contribution in [2.45, 2.75) is 65.8 Å². The lowest BCUT2D eigenvalue weighted by Gasteiger charge is -2.51. The summed E-state index contributed by atoms with van der Waals surface area (Å²) in [5.41, 5.74) is -0.0489. The number of hydrogen-bond donors (Lipinski definition) is 0. The van der Waals surface area contributed by atoms with Gasteiger partial charge in [0.25, 0.3) is 0 Å². The molecule has 1 saturated heterocycles. The molecule has 0 unspecified atom stereocenters. The molecule has 3 heteroatoms. The fourth-order valence-electron chi connectivity index (χ4n) is 3.67. The van der Waals surface area contributed by atoms with Gasteiger partial charge < -0.3 is 4.74 Å². The molecule has 0 aliphatic carbocycles. The van der Waals surface area contributed by atoms with E-state index in [-0.39, 0.29) is 11.5 Å². The summed E-state index contributed by atoms with van der Waals surface area (Å²) in [7, 11) is 0. The van der Waals surface area contributed by atoms with E-state index in [1.54, 1.807) is 0 Å². The zero-order valence-corrected chi connectivity index (χ0v) is 13.4. The van der Waals surface area contributed by atoms with Crippen molar-refractivity contribution in [3.8, 4) is 0 Å². The molecule has 0 atom stereocenters. The maximum atomic E-state index is 12.1. The lowest BCUT2D eigenvalue weighted by Crippen LogP contribution is -2.59. The molecule has 19 heavy (non-hydrogen) atoms. The van der Waals surface area contributed by atoms with Gasteiger partial charge in [0, 0.05) is 5.54 Å². The third-order valence-corrected chi connectivity index (χ3v) is 4.68. The first-order valence-electron chi connectivity index (χ1n) is 7.85. The first kappa shape index (κ1) is 16.5. The Kier molecular flexibility index (Phi) is 6.31. The minimum Gasteiger partial charge on any atom is -0.466 e. The minimum atomic E-state index is -0.0489. The summed E-state index contributed by atoms with van der Waals surface area (Å²) in [6.07, 6.45) is 4.35. The van der Waals surface area contributed by atoms with Gasteiger partial charge in [-0.2, -0.15) is 0 Å². The van der Waals surface area contributed by atoms with Gasteiger partial charge in [-0.05, 0) is 44.7 Å². The van der Waals surface area contributed by atoms with E-state index < -0.39 is 0 Å². The van der Waals surface area contributed by atoms with Gasteiger partial charge in [0.15, 0.2) is 0 Å². The number of carbonyl (C=O) groups excluding carboxylic acids is 1. The molecule has 0 spiro atoms. The predicted octanol–water partition coefficient (Wildman–Crippen LogP) is 3.48. The Hall–Kier alpha value is -0.570. The van der Waals surface area contributed by atoms with Crippen molar-refractivity contribution in [2.75, 3.05) is 19.7 Å². The summed E-state index contributed by atoms with van der Waals surface area (Å²) in [4.78, 5) is 14.6. The van der Waals surface area contributed by atoms with Gasteiger partial charge in [-0.3, -0.25) is 9.69 Å². The second kappa shape index (κ2) is 7.28. The summed E-state index contributed by atoms with van der Waals surface area (Å²) < 4.78 is 5.22. The van der Waals surface area contributed by atoms with Crippen molar-refractivity contribution in [1.29, 1.82) is 0 Å². The largest absolute Gasteiger partial charge is 0.466 e. The van der Waals surface area contributed by atoms with Crippen LogP contribution in [0.5, 0.6) is 0 Å². The summed E-state index contributed by atoms with van der Waals surface area (Å²) in [6.45, 7) is 13.6. The number of hydrogen-bond acceptors (Lipinski definition) is 3. The molecule has 1 aliphatic rings. The monoisotopic (exact) mass is 269 g/mol. The Balaban J connectivity index is 2.95. The molecule has 0 aromatic heterocycles. The number of piperidine rings is 1. The van der Waals surface area contributed by atoms with E-state index in [1.807, 2.05) is 6.92 Å². The Labute approximate surface area is 118 Å². The van der Waals surface area contributed by atoms with Crippen LogP contribution in [0.3, 0.4) is 0 Å². The van der Waals surface area contributed by atoms with Gasteiger partial charge in [-0.1, -0.05) is 34.1 Å². The number of ether oxygens (including phenoxy) is 1. The van der Waals surface area contributed by atoms with E-state index in [1.165, 1.54) is 19.3 Å². The van der Waals surface area contributed by atoms with Gasteiger partial charge in [0.1, 0.15) is 0 Å². The average molecular weight is 269 g/mol. The van der Waals surface area contributed by atoms with Crippen LogP contribution in [0.25, 0.3) is 0 Å². The highest BCUT2D eigenvalue weighted by atomic mass is 16.5. The van der Waals surface area contributed by atoms with Crippen LogP contribution in [0, 0.1) is 11.8 Å². The molecule has 1 heterocycles. The zero-order chi connectivity index (χ0) is 14.5. The fraction of sp³-hybridized carbons (Fsp3) is 0.938. The summed E-state index contributed by atoms with van der Waals surface area (Å²) in [5.74, 6) is 0.862. The Morgan fingerprint density at radius 2 is 1.63 bits per heavy atom. The van der Waals surface area contributed by atoms with Crippen molar-refractivity contribution in [3.05, 3.63) is 0 Å². The Morgan fingerprint density at radius 1 is 1.11 bits per heavy atom. The fourth-order valence-corrected chi connectivity index (χ4v) is 3.67. The predicted molar refractivity (Wildman–Crippen MR) is 79.1 cm³/mol. The molecule has 112 valence electrons. The van der Waals surface area contributed by atoms with Crippen molar-refractivity contribution in [2.24, 2.45) is 11.8 Å². The van der Waals surface area contributed by atoms with Crippen LogP contribution >= 0.6 is 0 Å². The number of nitrogens with zero attached hydrogens (tertiary/aromatic N) is 1. The van der Waals surface area contributed by atoms with Crippen LogP contribution < -0.4 is 0 Å². The highest BCUT2D eigenvalue weighted by Crippen LogP contribution is 2.38. The molecule has 0 N–H and O–H groups in total. The molecular weight excluding hydrogens is 238 g/mol. The first-order valence-corrected chi connectivity index (χ1v) is 7.85. The third-order valence-electron chi connectivity index (χ3n) is 4.68. The van der Waals surface area contributed by atoms with Crippen LogP contribution in [0.4, 0.5) is 0 Å². The molecule has 1 rings (SSSR count). The minimum absolute atomic E-state index is 0.0459. The SMILES string of the molecule is CCOC(=O)CC(C(C)C)(C(C)C)N1CCCCC1. The number of esters is 1. The Bertz CT molecular complexity index is 272. The maximum absolute atomic E-state index is 12.1. The lowest BCUT2D eigenvalue weighted by atomic mass is 9.72. The zero-order valence-electron chi connectivity index (χ0n) is 13.4. The summed E-state index contributed by atoms with van der Waals surface area (Å²) in [6, 6.07) is 0. The normalized spacial score (nSPS) is 18.1. The molecule has 0 aromatic rings. The molecule has 0 bridgehead atoms. The van der Waals surface area contributed by atoms with Gasteiger partial charge in [-0.15, -0.1) is 0 Å². The van der Waals surface area contributed by atoms with Gasteiger partial charge in [0.2, 0.25) is 0 Å². The molecule has 0 saturated carbocycles. The number of carbonyl (C=O) groups is 1. The smallest absolute Gasteiger partial charge is 0.307 e. The standard InChI is InChI=1S/C16H31NO2/c1-6-19-15(18)12-16(13(2)3,14(4)5)17-10-8-7-9-11-17/h13-14H,6-12H2,1-5H3. The number of likely N-dealkylation sites (tertiary alicyclic amines) is 1. The third kappa shape index (κ3) is 3.71. The van der Waals surface area contributed by atoms with E-state index in [0.717, 1.165) is 13.1 Å². The van der Waals surface area contributed by atoms with Crippen LogP contribution in [-0.4, -0.2) is 36.1 Å². The second-order valence-electron chi connectivity index (χ2n) is 6.33. The average Bonchev–Trinajstić information content (AvgIpc) is 2.36. The molecular formula is C16H31NO2. The Morgan fingerprint density at radius 3 is 2.05 bits per heavy atom. The van der Waals surface area contributed by atoms with Gasteiger partial charge in [-0.25, -0.2) is 0 Å². The second-order valence-corrected chi connectivity index (χ2v) is 6.33. The molecule has 1 aliphatic heterocycles. The van der Waals surface area contributed by atoms with Gasteiger partial charge >= 0.3 is 5.97 Å².